The van der Waals surface area contributed by atoms with E-state index < -0.39 is 0 Å². The molecule has 1 aliphatic heterocycles. The number of amides is 1. The van der Waals surface area contributed by atoms with Crippen LogP contribution in [0.25, 0.3) is 11.0 Å². The van der Waals surface area contributed by atoms with Crippen molar-refractivity contribution in [1.82, 2.24) is 25.5 Å². The number of carbonyl (C=O) groups excluding carboxylic acids is 1. The third kappa shape index (κ3) is 3.43. The summed E-state index contributed by atoms with van der Waals surface area (Å²) < 4.78 is 0. The van der Waals surface area contributed by atoms with Crippen LogP contribution in [-0.4, -0.2) is 45.7 Å². The molecule has 23 heavy (non-hydrogen) atoms. The first kappa shape index (κ1) is 15.7. The first-order valence-electron chi connectivity index (χ1n) is 8.12. The van der Waals surface area contributed by atoms with E-state index >= 15 is 0 Å². The SMILES string of the molecule is CC(C)(C)C(=O)NCC1CCCN(c2ncnc3[nH]ncc23)C1. The van der Waals surface area contributed by atoms with Crippen molar-refractivity contribution in [2.75, 3.05) is 24.5 Å². The lowest BCUT2D eigenvalue weighted by Crippen LogP contribution is -2.43. The number of carbonyl (C=O) groups is 1. The van der Waals surface area contributed by atoms with Gasteiger partial charge in [-0.3, -0.25) is 9.89 Å². The molecule has 1 fully saturated rings. The molecule has 1 unspecified atom stereocenters. The Balaban J connectivity index is 1.67. The van der Waals surface area contributed by atoms with Crippen molar-refractivity contribution in [1.29, 1.82) is 0 Å². The maximum Gasteiger partial charge on any atom is 0.225 e. The van der Waals surface area contributed by atoms with Crippen LogP contribution < -0.4 is 10.2 Å². The van der Waals surface area contributed by atoms with Gasteiger partial charge < -0.3 is 10.2 Å². The first-order valence-corrected chi connectivity index (χ1v) is 8.12. The number of hydrogen-bond donors (Lipinski definition) is 2. The highest BCUT2D eigenvalue weighted by Crippen LogP contribution is 2.26. The zero-order chi connectivity index (χ0) is 16.4. The van der Waals surface area contributed by atoms with Crippen molar-refractivity contribution in [2.24, 2.45) is 11.3 Å². The zero-order valence-corrected chi connectivity index (χ0v) is 14.0. The summed E-state index contributed by atoms with van der Waals surface area (Å²) in [7, 11) is 0. The van der Waals surface area contributed by atoms with Crippen LogP contribution in [0.5, 0.6) is 0 Å². The van der Waals surface area contributed by atoms with Gasteiger partial charge in [-0.25, -0.2) is 9.97 Å². The Morgan fingerprint density at radius 1 is 1.43 bits per heavy atom. The average molecular weight is 316 g/mol. The molecule has 2 N–H and O–H groups in total. The van der Waals surface area contributed by atoms with E-state index in [1.807, 2.05) is 20.8 Å². The van der Waals surface area contributed by atoms with Crippen LogP contribution in [0.2, 0.25) is 0 Å². The van der Waals surface area contributed by atoms with Gasteiger partial charge in [0.15, 0.2) is 5.65 Å². The van der Waals surface area contributed by atoms with Gasteiger partial charge in [0, 0.05) is 25.0 Å². The highest BCUT2D eigenvalue weighted by atomic mass is 16.2. The summed E-state index contributed by atoms with van der Waals surface area (Å²) in [6, 6.07) is 0. The number of H-pyrrole nitrogens is 1. The molecule has 1 aliphatic rings. The van der Waals surface area contributed by atoms with E-state index in [1.54, 1.807) is 12.5 Å². The summed E-state index contributed by atoms with van der Waals surface area (Å²) in [5.74, 6) is 1.47. The van der Waals surface area contributed by atoms with Gasteiger partial charge in [-0.2, -0.15) is 5.10 Å². The summed E-state index contributed by atoms with van der Waals surface area (Å²) in [6.07, 6.45) is 5.57. The van der Waals surface area contributed by atoms with Crippen molar-refractivity contribution in [2.45, 2.75) is 33.6 Å². The van der Waals surface area contributed by atoms with E-state index in [1.165, 1.54) is 0 Å². The molecule has 7 heteroatoms. The molecular formula is C16H24N6O. The molecule has 7 nitrogen and oxygen atoms in total. The first-order chi connectivity index (χ1) is 10.9. The molecule has 1 amide bonds. The second-order valence-corrected chi connectivity index (χ2v) is 7.24. The number of aromatic nitrogens is 4. The Morgan fingerprint density at radius 2 is 2.26 bits per heavy atom. The second kappa shape index (κ2) is 6.14. The fourth-order valence-corrected chi connectivity index (χ4v) is 2.93. The summed E-state index contributed by atoms with van der Waals surface area (Å²) in [4.78, 5) is 22.9. The lowest BCUT2D eigenvalue weighted by molar-refractivity contribution is -0.128. The number of aromatic amines is 1. The summed E-state index contributed by atoms with van der Waals surface area (Å²) in [5, 5.41) is 11.0. The molecule has 3 rings (SSSR count). The Kier molecular flexibility index (Phi) is 4.19. The molecule has 2 aromatic heterocycles. The van der Waals surface area contributed by atoms with Crippen molar-refractivity contribution in [3.8, 4) is 0 Å². The number of nitrogens with zero attached hydrogens (tertiary/aromatic N) is 4. The fourth-order valence-electron chi connectivity index (χ4n) is 2.93. The number of anilines is 1. The summed E-state index contributed by atoms with van der Waals surface area (Å²) in [5.41, 5.74) is 0.419. The van der Waals surface area contributed by atoms with Gasteiger partial charge in [-0.1, -0.05) is 20.8 Å². The van der Waals surface area contributed by atoms with Crippen LogP contribution in [0.1, 0.15) is 33.6 Å². The number of hydrogen-bond acceptors (Lipinski definition) is 5. The van der Waals surface area contributed by atoms with E-state index in [0.29, 0.717) is 12.5 Å². The Bertz CT molecular complexity index is 689. The minimum absolute atomic E-state index is 0.105. The molecule has 0 radical (unpaired) electrons. The number of rotatable bonds is 3. The van der Waals surface area contributed by atoms with Gasteiger partial charge in [0.25, 0.3) is 0 Å². The van der Waals surface area contributed by atoms with Crippen LogP contribution in [0.3, 0.4) is 0 Å². The lowest BCUT2D eigenvalue weighted by atomic mass is 9.94. The van der Waals surface area contributed by atoms with Crippen LogP contribution in [0.4, 0.5) is 5.82 Å². The molecule has 0 bridgehead atoms. The highest BCUT2D eigenvalue weighted by Gasteiger charge is 2.25. The van der Waals surface area contributed by atoms with Crippen molar-refractivity contribution in [3.05, 3.63) is 12.5 Å². The average Bonchev–Trinajstić information content (AvgIpc) is 3.00. The minimum Gasteiger partial charge on any atom is -0.356 e. The third-order valence-corrected chi connectivity index (χ3v) is 4.28. The van der Waals surface area contributed by atoms with Crippen molar-refractivity contribution in [3.63, 3.8) is 0 Å². The third-order valence-electron chi connectivity index (χ3n) is 4.28. The normalized spacial score (nSPS) is 19.1. The van der Waals surface area contributed by atoms with Gasteiger partial charge in [0.1, 0.15) is 12.1 Å². The fraction of sp³-hybridized carbons (Fsp3) is 0.625. The molecule has 0 spiro atoms. The maximum absolute atomic E-state index is 12.0. The Morgan fingerprint density at radius 3 is 3.04 bits per heavy atom. The smallest absolute Gasteiger partial charge is 0.225 e. The molecule has 0 aromatic carbocycles. The second-order valence-electron chi connectivity index (χ2n) is 7.24. The van der Waals surface area contributed by atoms with Crippen molar-refractivity contribution < 1.29 is 4.79 Å². The Labute approximate surface area is 135 Å². The zero-order valence-electron chi connectivity index (χ0n) is 14.0. The number of nitrogens with one attached hydrogen (secondary N) is 2. The minimum atomic E-state index is -0.343. The summed E-state index contributed by atoms with van der Waals surface area (Å²) in [6.45, 7) is 8.39. The van der Waals surface area contributed by atoms with Gasteiger partial charge in [-0.15, -0.1) is 0 Å². The molecule has 1 atom stereocenters. The van der Waals surface area contributed by atoms with E-state index in [9.17, 15) is 4.79 Å². The van der Waals surface area contributed by atoms with E-state index in [2.05, 4.69) is 30.4 Å². The summed E-state index contributed by atoms with van der Waals surface area (Å²) >= 11 is 0. The number of fused-ring (bicyclic) bond motifs is 1. The quantitative estimate of drug-likeness (QED) is 0.900. The molecule has 0 saturated carbocycles. The van der Waals surface area contributed by atoms with Crippen LogP contribution >= 0.6 is 0 Å². The van der Waals surface area contributed by atoms with Gasteiger partial charge >= 0.3 is 0 Å². The van der Waals surface area contributed by atoms with Crippen LogP contribution in [0, 0.1) is 11.3 Å². The van der Waals surface area contributed by atoms with E-state index in [-0.39, 0.29) is 11.3 Å². The molecule has 124 valence electrons. The van der Waals surface area contributed by atoms with Crippen LogP contribution in [-0.2, 0) is 4.79 Å². The molecule has 2 aromatic rings. The van der Waals surface area contributed by atoms with E-state index in [0.717, 1.165) is 42.8 Å². The largest absolute Gasteiger partial charge is 0.356 e. The van der Waals surface area contributed by atoms with Gasteiger partial charge in [0.2, 0.25) is 5.91 Å². The standard InChI is InChI=1S/C16H24N6O/c1-16(2,3)15(23)17-7-11-5-4-6-22(9-11)14-12-8-20-21-13(12)18-10-19-14/h8,10-11H,4-7,9H2,1-3H3,(H,17,23)(H,18,19,20,21). The molecular weight excluding hydrogens is 292 g/mol. The van der Waals surface area contributed by atoms with Crippen LogP contribution in [0.15, 0.2) is 12.5 Å². The molecule has 1 saturated heterocycles. The number of piperidine rings is 1. The van der Waals surface area contributed by atoms with Gasteiger partial charge in [-0.05, 0) is 18.8 Å². The van der Waals surface area contributed by atoms with Gasteiger partial charge in [0.05, 0.1) is 11.6 Å². The molecule has 3 heterocycles. The Hall–Kier alpha value is -2.18. The predicted octanol–water partition coefficient (Wildman–Crippen LogP) is 1.73. The van der Waals surface area contributed by atoms with Crippen molar-refractivity contribution >= 4 is 22.8 Å². The monoisotopic (exact) mass is 316 g/mol. The predicted molar refractivity (Wildman–Crippen MR) is 89.1 cm³/mol. The molecule has 0 aliphatic carbocycles. The lowest BCUT2D eigenvalue weighted by Gasteiger charge is -2.34. The topological polar surface area (TPSA) is 86.8 Å². The van der Waals surface area contributed by atoms with E-state index in [4.69, 9.17) is 0 Å². The maximum atomic E-state index is 12.0. The highest BCUT2D eigenvalue weighted by molar-refractivity contribution is 5.86.